The molecule has 2 N–H and O–H groups in total. The van der Waals surface area contributed by atoms with Gasteiger partial charge in [0.15, 0.2) is 11.5 Å². The summed E-state index contributed by atoms with van der Waals surface area (Å²) in [5.74, 6) is 1.55. The number of hydrogen-bond acceptors (Lipinski definition) is 4. The van der Waals surface area contributed by atoms with Crippen molar-refractivity contribution in [1.82, 2.24) is 10.6 Å². The highest BCUT2D eigenvalue weighted by molar-refractivity contribution is 5.85. The van der Waals surface area contributed by atoms with Crippen molar-refractivity contribution in [3.63, 3.8) is 0 Å². The molecular weight excluding hydrogens is 287 g/mol. The number of rotatable bonds is 8. The Morgan fingerprint density at radius 1 is 1.00 bits per heavy atom. The van der Waals surface area contributed by atoms with Gasteiger partial charge in [-0.05, 0) is 44.3 Å². The summed E-state index contributed by atoms with van der Waals surface area (Å²) in [7, 11) is 5.27. The van der Waals surface area contributed by atoms with Crippen LogP contribution in [0.25, 0.3) is 0 Å². The van der Waals surface area contributed by atoms with Crippen molar-refractivity contribution in [3.8, 4) is 11.5 Å². The fraction of sp³-hybridized carbons (Fsp3) is 0.538. The van der Waals surface area contributed by atoms with E-state index in [2.05, 4.69) is 10.6 Å². The molecule has 1 rings (SSSR count). The number of methoxy groups -OCH3 is 2. The van der Waals surface area contributed by atoms with E-state index in [1.54, 1.807) is 14.2 Å². The fourth-order valence-electron chi connectivity index (χ4n) is 1.61. The first-order chi connectivity index (χ1) is 8.31. The molecule has 19 heavy (non-hydrogen) atoms. The Morgan fingerprint density at radius 2 is 1.68 bits per heavy atom. The van der Waals surface area contributed by atoms with Gasteiger partial charge < -0.3 is 20.1 Å². The molecule has 4 nitrogen and oxygen atoms in total. The maximum absolute atomic E-state index is 5.26. The predicted octanol–water partition coefficient (Wildman–Crippen LogP) is 2.25. The first-order valence-electron chi connectivity index (χ1n) is 5.88. The van der Waals surface area contributed by atoms with Crippen LogP contribution < -0.4 is 20.1 Å². The molecule has 0 bridgehead atoms. The smallest absolute Gasteiger partial charge is 0.161 e. The molecule has 6 heteroatoms. The summed E-state index contributed by atoms with van der Waals surface area (Å²) in [5.41, 5.74) is 1.20. The van der Waals surface area contributed by atoms with E-state index in [0.29, 0.717) is 0 Å². The molecular formula is C13H24Cl2N2O2. The fourth-order valence-corrected chi connectivity index (χ4v) is 1.61. The van der Waals surface area contributed by atoms with Gasteiger partial charge in [-0.3, -0.25) is 0 Å². The van der Waals surface area contributed by atoms with Gasteiger partial charge in [-0.15, -0.1) is 24.8 Å². The van der Waals surface area contributed by atoms with Gasteiger partial charge in [0.25, 0.3) is 0 Å². The molecule has 0 aliphatic heterocycles. The number of benzene rings is 1. The molecule has 0 unspecified atom stereocenters. The third-order valence-electron chi connectivity index (χ3n) is 2.56. The highest BCUT2D eigenvalue weighted by Gasteiger charge is 2.03. The average Bonchev–Trinajstić information content (AvgIpc) is 2.38. The van der Waals surface area contributed by atoms with Gasteiger partial charge in [0, 0.05) is 6.54 Å². The molecule has 1 aromatic rings. The lowest BCUT2D eigenvalue weighted by atomic mass is 10.2. The highest BCUT2D eigenvalue weighted by atomic mass is 35.5. The number of hydrogen-bond donors (Lipinski definition) is 2. The Kier molecular flexibility index (Phi) is 13.4. The molecule has 1 aromatic carbocycles. The maximum Gasteiger partial charge on any atom is 0.161 e. The van der Waals surface area contributed by atoms with E-state index < -0.39 is 0 Å². The summed E-state index contributed by atoms with van der Waals surface area (Å²) >= 11 is 0. The first-order valence-corrected chi connectivity index (χ1v) is 5.88. The third kappa shape index (κ3) is 7.47. The molecule has 0 aliphatic carbocycles. The number of ether oxygens (including phenoxy) is 2. The highest BCUT2D eigenvalue weighted by Crippen LogP contribution is 2.27. The van der Waals surface area contributed by atoms with Crippen molar-refractivity contribution in [2.24, 2.45) is 0 Å². The summed E-state index contributed by atoms with van der Waals surface area (Å²) in [6.45, 7) is 2.90. The molecule has 0 heterocycles. The van der Waals surface area contributed by atoms with Crippen molar-refractivity contribution < 1.29 is 9.47 Å². The molecule has 0 aromatic heterocycles. The van der Waals surface area contributed by atoms with Crippen LogP contribution in [0.2, 0.25) is 0 Å². The lowest BCUT2D eigenvalue weighted by Gasteiger charge is -2.10. The summed E-state index contributed by atoms with van der Waals surface area (Å²) in [6.07, 6.45) is 1.13. The van der Waals surface area contributed by atoms with Gasteiger partial charge >= 0.3 is 0 Å². The van der Waals surface area contributed by atoms with E-state index in [0.717, 1.165) is 37.6 Å². The van der Waals surface area contributed by atoms with Gasteiger partial charge in [0.1, 0.15) is 0 Å². The summed E-state index contributed by atoms with van der Waals surface area (Å²) in [5, 5.41) is 6.51. The second-order valence-electron chi connectivity index (χ2n) is 3.82. The van der Waals surface area contributed by atoms with Crippen LogP contribution >= 0.6 is 24.8 Å². The van der Waals surface area contributed by atoms with Crippen LogP contribution in [0.5, 0.6) is 11.5 Å². The van der Waals surface area contributed by atoms with E-state index in [4.69, 9.17) is 9.47 Å². The third-order valence-corrected chi connectivity index (χ3v) is 2.56. The minimum absolute atomic E-state index is 0. The van der Waals surface area contributed by atoms with Gasteiger partial charge in [-0.2, -0.15) is 0 Å². The summed E-state index contributed by atoms with van der Waals surface area (Å²) in [4.78, 5) is 0. The van der Waals surface area contributed by atoms with Crippen LogP contribution in [-0.2, 0) is 6.54 Å². The van der Waals surface area contributed by atoms with Gasteiger partial charge in [0.2, 0.25) is 0 Å². The lowest BCUT2D eigenvalue weighted by Crippen LogP contribution is -2.19. The quantitative estimate of drug-likeness (QED) is 0.723. The maximum atomic E-state index is 5.26. The average molecular weight is 311 g/mol. The Bertz CT molecular complexity index is 338. The molecule has 0 radical (unpaired) electrons. The Morgan fingerprint density at radius 3 is 2.26 bits per heavy atom. The van der Waals surface area contributed by atoms with E-state index in [-0.39, 0.29) is 24.8 Å². The van der Waals surface area contributed by atoms with Gasteiger partial charge in [-0.25, -0.2) is 0 Å². The van der Waals surface area contributed by atoms with Crippen LogP contribution in [0, 0.1) is 0 Å². The SMILES string of the molecule is CNCCCNCc1ccc(OC)c(OC)c1.Cl.Cl. The van der Waals surface area contributed by atoms with Crippen LogP contribution in [0.1, 0.15) is 12.0 Å². The molecule has 0 saturated heterocycles. The van der Waals surface area contributed by atoms with E-state index >= 15 is 0 Å². The molecule has 112 valence electrons. The van der Waals surface area contributed by atoms with Crippen LogP contribution in [0.3, 0.4) is 0 Å². The lowest BCUT2D eigenvalue weighted by molar-refractivity contribution is 0.354. The van der Waals surface area contributed by atoms with Crippen molar-refractivity contribution >= 4 is 24.8 Å². The van der Waals surface area contributed by atoms with Crippen molar-refractivity contribution in [1.29, 1.82) is 0 Å². The topological polar surface area (TPSA) is 42.5 Å². The van der Waals surface area contributed by atoms with E-state index in [9.17, 15) is 0 Å². The Hall–Kier alpha value is -0.680. The molecule has 0 amide bonds. The summed E-state index contributed by atoms with van der Waals surface area (Å²) in [6, 6.07) is 5.99. The monoisotopic (exact) mass is 310 g/mol. The Balaban J connectivity index is 0. The van der Waals surface area contributed by atoms with Crippen molar-refractivity contribution in [3.05, 3.63) is 23.8 Å². The number of halogens is 2. The van der Waals surface area contributed by atoms with E-state index in [1.807, 2.05) is 25.2 Å². The second-order valence-corrected chi connectivity index (χ2v) is 3.82. The molecule has 0 saturated carbocycles. The van der Waals surface area contributed by atoms with Gasteiger partial charge in [0.05, 0.1) is 14.2 Å². The number of nitrogens with one attached hydrogen (secondary N) is 2. The zero-order valence-electron chi connectivity index (χ0n) is 11.7. The predicted molar refractivity (Wildman–Crippen MR) is 84.3 cm³/mol. The van der Waals surface area contributed by atoms with Crippen LogP contribution in [0.4, 0.5) is 0 Å². The zero-order chi connectivity index (χ0) is 12.5. The van der Waals surface area contributed by atoms with Crippen molar-refractivity contribution in [2.45, 2.75) is 13.0 Å². The molecule has 0 aliphatic rings. The van der Waals surface area contributed by atoms with Crippen molar-refractivity contribution in [2.75, 3.05) is 34.4 Å². The zero-order valence-corrected chi connectivity index (χ0v) is 13.3. The van der Waals surface area contributed by atoms with E-state index in [1.165, 1.54) is 5.56 Å². The van der Waals surface area contributed by atoms with Gasteiger partial charge in [-0.1, -0.05) is 6.07 Å². The van der Waals surface area contributed by atoms with Crippen LogP contribution in [-0.4, -0.2) is 34.4 Å². The minimum Gasteiger partial charge on any atom is -0.493 e. The first kappa shape index (κ1) is 20.6. The molecule has 0 spiro atoms. The second kappa shape index (κ2) is 12.4. The van der Waals surface area contributed by atoms with Crippen LogP contribution in [0.15, 0.2) is 18.2 Å². The Labute approximate surface area is 128 Å². The molecule has 0 fully saturated rings. The molecule has 0 atom stereocenters. The summed E-state index contributed by atoms with van der Waals surface area (Å²) < 4.78 is 10.5. The largest absolute Gasteiger partial charge is 0.493 e. The standard InChI is InChI=1S/C13H22N2O2.2ClH/c1-14-7-4-8-15-10-11-5-6-12(16-2)13(9-11)17-3;;/h5-6,9,14-15H,4,7-8,10H2,1-3H3;2*1H. The minimum atomic E-state index is 0. The normalized spacial score (nSPS) is 9.21.